The number of fused-ring (bicyclic) bond motifs is 1. The van der Waals surface area contributed by atoms with Crippen LogP contribution in [0.25, 0.3) is 5.52 Å². The Morgan fingerprint density at radius 3 is 2.52 bits per heavy atom. The van der Waals surface area contributed by atoms with E-state index in [1.807, 2.05) is 30.3 Å². The van der Waals surface area contributed by atoms with Crippen molar-refractivity contribution in [2.75, 3.05) is 19.7 Å². The van der Waals surface area contributed by atoms with E-state index in [0.717, 1.165) is 5.56 Å². The standard InChI is InChI=1S/C25H27N3O5/c1-3-32-24(30)21-17(2)22(28-14-11-26-15-20(21)28)23(29)19-9-12-27(13-10-19)25(31)33-16-18-7-5-4-6-8-18/h4-8,11,14-15,19H,3,9-10,12-13,16H2,1-2H3. The number of ketones is 1. The number of likely N-dealkylation sites (tertiary alicyclic amines) is 1. The lowest BCUT2D eigenvalue weighted by Gasteiger charge is -2.30. The monoisotopic (exact) mass is 449 g/mol. The van der Waals surface area contributed by atoms with Gasteiger partial charge in [-0.3, -0.25) is 9.78 Å². The third-order valence-electron chi connectivity index (χ3n) is 6.03. The van der Waals surface area contributed by atoms with E-state index in [0.29, 0.717) is 48.3 Å². The third-order valence-corrected chi connectivity index (χ3v) is 6.03. The molecule has 3 aromatic rings. The van der Waals surface area contributed by atoms with Crippen LogP contribution in [0, 0.1) is 12.8 Å². The van der Waals surface area contributed by atoms with Crippen LogP contribution in [-0.2, 0) is 16.1 Å². The zero-order valence-electron chi connectivity index (χ0n) is 18.8. The lowest BCUT2D eigenvalue weighted by atomic mass is 9.89. The zero-order valence-corrected chi connectivity index (χ0v) is 18.8. The number of nitrogens with zero attached hydrogens (tertiary/aromatic N) is 3. The van der Waals surface area contributed by atoms with Gasteiger partial charge in [0.1, 0.15) is 6.61 Å². The normalized spacial score (nSPS) is 14.3. The van der Waals surface area contributed by atoms with Gasteiger partial charge >= 0.3 is 12.1 Å². The Labute approximate surface area is 192 Å². The highest BCUT2D eigenvalue weighted by Gasteiger charge is 2.33. The van der Waals surface area contributed by atoms with Gasteiger partial charge < -0.3 is 18.8 Å². The fourth-order valence-corrected chi connectivity index (χ4v) is 4.33. The highest BCUT2D eigenvalue weighted by Crippen LogP contribution is 2.29. The van der Waals surface area contributed by atoms with Crippen LogP contribution in [0.3, 0.4) is 0 Å². The molecule has 8 nitrogen and oxygen atoms in total. The first kappa shape index (κ1) is 22.5. The van der Waals surface area contributed by atoms with Crippen LogP contribution >= 0.6 is 0 Å². The summed E-state index contributed by atoms with van der Waals surface area (Å²) in [5, 5.41) is 0. The first-order chi connectivity index (χ1) is 16.0. The van der Waals surface area contributed by atoms with Gasteiger partial charge in [0.2, 0.25) is 0 Å². The molecule has 0 saturated carbocycles. The smallest absolute Gasteiger partial charge is 0.410 e. The topological polar surface area (TPSA) is 90.2 Å². The van der Waals surface area contributed by atoms with Gasteiger partial charge in [0.15, 0.2) is 5.78 Å². The van der Waals surface area contributed by atoms with Gasteiger partial charge in [-0.2, -0.15) is 0 Å². The van der Waals surface area contributed by atoms with Crippen LogP contribution in [-0.4, -0.2) is 51.8 Å². The van der Waals surface area contributed by atoms with Crippen molar-refractivity contribution in [3.05, 3.63) is 71.3 Å². The quantitative estimate of drug-likeness (QED) is 0.417. The number of hydrogen-bond donors (Lipinski definition) is 0. The lowest BCUT2D eigenvalue weighted by Crippen LogP contribution is -2.40. The van der Waals surface area contributed by atoms with E-state index >= 15 is 0 Å². The second kappa shape index (κ2) is 9.85. The first-order valence-electron chi connectivity index (χ1n) is 11.1. The molecule has 1 saturated heterocycles. The van der Waals surface area contributed by atoms with Gasteiger partial charge in [0.25, 0.3) is 0 Å². The Hall–Kier alpha value is -3.68. The maximum absolute atomic E-state index is 13.5. The highest BCUT2D eigenvalue weighted by molar-refractivity contribution is 6.06. The molecule has 8 heteroatoms. The van der Waals surface area contributed by atoms with Crippen molar-refractivity contribution >= 4 is 23.4 Å². The van der Waals surface area contributed by atoms with Crippen molar-refractivity contribution in [3.63, 3.8) is 0 Å². The maximum atomic E-state index is 13.5. The number of carbonyl (C=O) groups excluding carboxylic acids is 3. The number of esters is 1. The molecule has 1 fully saturated rings. The van der Waals surface area contributed by atoms with Crippen molar-refractivity contribution < 1.29 is 23.9 Å². The highest BCUT2D eigenvalue weighted by atomic mass is 16.6. The van der Waals surface area contributed by atoms with Gasteiger partial charge in [-0.15, -0.1) is 0 Å². The van der Waals surface area contributed by atoms with Gasteiger partial charge in [0, 0.05) is 31.4 Å². The Kier molecular flexibility index (Phi) is 6.72. The van der Waals surface area contributed by atoms with Gasteiger partial charge in [-0.25, -0.2) is 9.59 Å². The summed E-state index contributed by atoms with van der Waals surface area (Å²) in [5.41, 5.74) is 2.92. The summed E-state index contributed by atoms with van der Waals surface area (Å²) in [6, 6.07) is 9.52. The van der Waals surface area contributed by atoms with Crippen LogP contribution in [0.2, 0.25) is 0 Å². The van der Waals surface area contributed by atoms with Crippen LogP contribution in [0.1, 0.15) is 51.7 Å². The molecule has 0 aliphatic carbocycles. The van der Waals surface area contributed by atoms with E-state index in [-0.39, 0.29) is 31.0 Å². The molecular formula is C25H27N3O5. The maximum Gasteiger partial charge on any atom is 0.410 e. The van der Waals surface area contributed by atoms with E-state index < -0.39 is 5.97 Å². The number of hydrogen-bond acceptors (Lipinski definition) is 6. The van der Waals surface area contributed by atoms with E-state index in [4.69, 9.17) is 9.47 Å². The van der Waals surface area contributed by atoms with Crippen molar-refractivity contribution in [1.29, 1.82) is 0 Å². The summed E-state index contributed by atoms with van der Waals surface area (Å²) in [7, 11) is 0. The van der Waals surface area contributed by atoms with Crippen LogP contribution < -0.4 is 0 Å². The molecular weight excluding hydrogens is 422 g/mol. The predicted molar refractivity (Wildman–Crippen MR) is 121 cm³/mol. The largest absolute Gasteiger partial charge is 0.462 e. The summed E-state index contributed by atoms with van der Waals surface area (Å²) in [6.07, 6.45) is 5.54. The average Bonchev–Trinajstić information content (AvgIpc) is 3.14. The fraction of sp³-hybridized carbons (Fsp3) is 0.360. The molecule has 172 valence electrons. The summed E-state index contributed by atoms with van der Waals surface area (Å²) in [5.74, 6) is -0.750. The molecule has 1 amide bonds. The minimum atomic E-state index is -0.462. The van der Waals surface area contributed by atoms with Crippen LogP contribution in [0.4, 0.5) is 4.79 Å². The van der Waals surface area contributed by atoms with Gasteiger partial charge in [-0.05, 0) is 37.8 Å². The molecule has 1 aliphatic heterocycles. The van der Waals surface area contributed by atoms with E-state index in [9.17, 15) is 14.4 Å². The van der Waals surface area contributed by atoms with Gasteiger partial charge in [0.05, 0.1) is 29.6 Å². The molecule has 1 aliphatic rings. The molecule has 3 heterocycles. The van der Waals surface area contributed by atoms with Crippen molar-refractivity contribution in [3.8, 4) is 0 Å². The minimum Gasteiger partial charge on any atom is -0.462 e. The Balaban J connectivity index is 1.45. The number of Topliss-reactive ketones (excluding diaryl/α,β-unsaturated/α-hetero) is 1. The van der Waals surface area contributed by atoms with E-state index in [2.05, 4.69) is 4.98 Å². The van der Waals surface area contributed by atoms with E-state index in [1.54, 1.807) is 41.7 Å². The second-order valence-electron chi connectivity index (χ2n) is 8.07. The number of aromatic nitrogens is 2. The average molecular weight is 450 g/mol. The molecule has 1 aromatic carbocycles. The number of amides is 1. The molecule has 33 heavy (non-hydrogen) atoms. The number of carbonyl (C=O) groups is 3. The number of rotatable bonds is 6. The Morgan fingerprint density at radius 1 is 1.09 bits per heavy atom. The fourth-order valence-electron chi connectivity index (χ4n) is 4.33. The number of benzene rings is 1. The van der Waals surface area contributed by atoms with Crippen molar-refractivity contribution in [2.45, 2.75) is 33.3 Å². The Morgan fingerprint density at radius 2 is 1.82 bits per heavy atom. The molecule has 0 radical (unpaired) electrons. The number of ether oxygens (including phenoxy) is 2. The molecule has 0 unspecified atom stereocenters. The molecule has 0 atom stereocenters. The zero-order chi connectivity index (χ0) is 23.4. The van der Waals surface area contributed by atoms with Gasteiger partial charge in [-0.1, -0.05) is 30.3 Å². The van der Waals surface area contributed by atoms with E-state index in [1.165, 1.54) is 0 Å². The summed E-state index contributed by atoms with van der Waals surface area (Å²) in [6.45, 7) is 4.87. The van der Waals surface area contributed by atoms with Crippen molar-refractivity contribution in [1.82, 2.24) is 14.3 Å². The molecule has 0 bridgehead atoms. The second-order valence-corrected chi connectivity index (χ2v) is 8.07. The predicted octanol–water partition coefficient (Wildman–Crippen LogP) is 4.05. The van der Waals surface area contributed by atoms with Crippen molar-refractivity contribution in [2.24, 2.45) is 5.92 Å². The number of piperidine rings is 1. The molecule has 0 spiro atoms. The first-order valence-corrected chi connectivity index (χ1v) is 11.1. The minimum absolute atomic E-state index is 0.0402. The summed E-state index contributed by atoms with van der Waals surface area (Å²) < 4.78 is 12.3. The lowest BCUT2D eigenvalue weighted by molar-refractivity contribution is 0.0528. The molecule has 4 rings (SSSR count). The Bertz CT molecular complexity index is 1160. The summed E-state index contributed by atoms with van der Waals surface area (Å²) >= 11 is 0. The molecule has 0 N–H and O–H groups in total. The third kappa shape index (κ3) is 4.60. The summed E-state index contributed by atoms with van der Waals surface area (Å²) in [4.78, 5) is 44.2. The molecule has 2 aromatic heterocycles. The SMILES string of the molecule is CCOC(=O)c1c(C)c(C(=O)C2CCN(C(=O)OCc3ccccc3)CC2)n2ccncc12. The van der Waals surface area contributed by atoms with Crippen LogP contribution in [0.15, 0.2) is 48.9 Å². The van der Waals surface area contributed by atoms with Crippen LogP contribution in [0.5, 0.6) is 0 Å².